The van der Waals surface area contributed by atoms with Crippen molar-refractivity contribution in [2.75, 3.05) is 19.7 Å². The van der Waals surface area contributed by atoms with E-state index in [1.807, 2.05) is 0 Å². The molecule has 0 aromatic carbocycles. The maximum atomic E-state index is 11.8. The van der Waals surface area contributed by atoms with Crippen molar-refractivity contribution in [1.82, 2.24) is 10.6 Å². The highest BCUT2D eigenvalue weighted by molar-refractivity contribution is 5.78. The van der Waals surface area contributed by atoms with E-state index in [1.54, 1.807) is 0 Å². The van der Waals surface area contributed by atoms with E-state index in [-0.39, 0.29) is 18.1 Å². The van der Waals surface area contributed by atoms with Crippen molar-refractivity contribution in [3.63, 3.8) is 0 Å². The molecule has 116 valence electrons. The highest BCUT2D eigenvalue weighted by Gasteiger charge is 2.32. The van der Waals surface area contributed by atoms with Crippen LogP contribution in [0.1, 0.15) is 64.2 Å². The lowest BCUT2D eigenvalue weighted by Gasteiger charge is -2.27. The Morgan fingerprint density at radius 1 is 1.10 bits per heavy atom. The number of hydrogen-bond donors (Lipinski definition) is 3. The number of carbonyl (C=O) groups is 1. The number of nitrogens with one attached hydrogen (secondary N) is 2. The number of aliphatic hydroxyl groups excluding tert-OH is 1. The molecule has 0 unspecified atom stereocenters. The molecule has 0 aromatic heterocycles. The second-order valence-electron chi connectivity index (χ2n) is 6.64. The van der Waals surface area contributed by atoms with Gasteiger partial charge in [-0.3, -0.25) is 4.79 Å². The molecule has 4 heteroatoms. The van der Waals surface area contributed by atoms with E-state index in [0.29, 0.717) is 6.54 Å². The van der Waals surface area contributed by atoms with Gasteiger partial charge >= 0.3 is 0 Å². The summed E-state index contributed by atoms with van der Waals surface area (Å²) in [7, 11) is 0. The first kappa shape index (κ1) is 15.8. The molecule has 0 atom stereocenters. The SMILES string of the molecule is O=C(CNC1(CO)CCCC1)NCCC1CCCCC1. The van der Waals surface area contributed by atoms with Crippen molar-refractivity contribution in [1.29, 1.82) is 0 Å². The molecule has 0 saturated heterocycles. The van der Waals surface area contributed by atoms with Gasteiger partial charge in [0.1, 0.15) is 0 Å². The third kappa shape index (κ3) is 4.74. The molecular weight excluding hydrogens is 252 g/mol. The van der Waals surface area contributed by atoms with Crippen LogP contribution in [0.25, 0.3) is 0 Å². The Hall–Kier alpha value is -0.610. The van der Waals surface area contributed by atoms with E-state index >= 15 is 0 Å². The summed E-state index contributed by atoms with van der Waals surface area (Å²) in [4.78, 5) is 11.8. The molecule has 0 aliphatic heterocycles. The Labute approximate surface area is 122 Å². The van der Waals surface area contributed by atoms with Crippen molar-refractivity contribution >= 4 is 5.91 Å². The van der Waals surface area contributed by atoms with Gasteiger partial charge in [-0.25, -0.2) is 0 Å². The third-order valence-corrected chi connectivity index (χ3v) is 5.09. The highest BCUT2D eigenvalue weighted by atomic mass is 16.3. The van der Waals surface area contributed by atoms with Gasteiger partial charge in [0.05, 0.1) is 13.2 Å². The third-order valence-electron chi connectivity index (χ3n) is 5.09. The Bertz CT molecular complexity index is 295. The van der Waals surface area contributed by atoms with E-state index in [2.05, 4.69) is 10.6 Å². The van der Waals surface area contributed by atoms with Gasteiger partial charge in [-0.05, 0) is 25.2 Å². The van der Waals surface area contributed by atoms with Crippen LogP contribution in [0.4, 0.5) is 0 Å². The molecule has 2 saturated carbocycles. The predicted octanol–water partition coefficient (Wildman–Crippen LogP) is 1.97. The van der Waals surface area contributed by atoms with Gasteiger partial charge in [-0.2, -0.15) is 0 Å². The van der Waals surface area contributed by atoms with E-state index in [4.69, 9.17) is 0 Å². The number of rotatable bonds is 7. The van der Waals surface area contributed by atoms with Crippen LogP contribution in [-0.4, -0.2) is 36.2 Å². The molecule has 0 spiro atoms. The molecule has 2 aliphatic rings. The lowest BCUT2D eigenvalue weighted by molar-refractivity contribution is -0.120. The average molecular weight is 282 g/mol. The van der Waals surface area contributed by atoms with Crippen LogP contribution in [0.5, 0.6) is 0 Å². The maximum Gasteiger partial charge on any atom is 0.233 e. The Morgan fingerprint density at radius 3 is 2.45 bits per heavy atom. The zero-order valence-corrected chi connectivity index (χ0v) is 12.6. The van der Waals surface area contributed by atoms with Crippen molar-refractivity contribution in [3.05, 3.63) is 0 Å². The standard InChI is InChI=1S/C16H30N2O2/c19-13-16(9-4-5-10-16)18-12-15(20)17-11-8-14-6-2-1-3-7-14/h14,18-19H,1-13H2,(H,17,20). The van der Waals surface area contributed by atoms with Gasteiger partial charge in [0, 0.05) is 12.1 Å². The first-order chi connectivity index (χ1) is 9.74. The molecule has 0 radical (unpaired) electrons. The van der Waals surface area contributed by atoms with Crippen LogP contribution in [0, 0.1) is 5.92 Å². The second kappa shape index (κ2) is 7.99. The van der Waals surface area contributed by atoms with Crippen molar-refractivity contribution < 1.29 is 9.90 Å². The summed E-state index contributed by atoms with van der Waals surface area (Å²) in [5, 5.41) is 15.8. The molecule has 2 fully saturated rings. The minimum absolute atomic E-state index is 0.0699. The topological polar surface area (TPSA) is 61.4 Å². The zero-order valence-electron chi connectivity index (χ0n) is 12.6. The number of aliphatic hydroxyl groups is 1. The summed E-state index contributed by atoms with van der Waals surface area (Å²) >= 11 is 0. The quantitative estimate of drug-likeness (QED) is 0.669. The Balaban J connectivity index is 1.58. The van der Waals surface area contributed by atoms with Gasteiger partial charge in [-0.1, -0.05) is 44.9 Å². The lowest BCUT2D eigenvalue weighted by atomic mass is 9.87. The van der Waals surface area contributed by atoms with E-state index in [9.17, 15) is 9.90 Å². The van der Waals surface area contributed by atoms with Crippen molar-refractivity contribution in [2.45, 2.75) is 69.7 Å². The molecule has 2 aliphatic carbocycles. The molecule has 20 heavy (non-hydrogen) atoms. The molecule has 1 amide bonds. The molecule has 0 bridgehead atoms. The smallest absolute Gasteiger partial charge is 0.233 e. The number of amides is 1. The van der Waals surface area contributed by atoms with Crippen LogP contribution in [0.3, 0.4) is 0 Å². The fourth-order valence-electron chi connectivity index (χ4n) is 3.66. The minimum Gasteiger partial charge on any atom is -0.394 e. The van der Waals surface area contributed by atoms with Crippen LogP contribution >= 0.6 is 0 Å². The predicted molar refractivity (Wildman–Crippen MR) is 80.5 cm³/mol. The molecule has 2 rings (SSSR count). The van der Waals surface area contributed by atoms with Crippen molar-refractivity contribution in [2.24, 2.45) is 5.92 Å². The Morgan fingerprint density at radius 2 is 1.80 bits per heavy atom. The number of hydrogen-bond acceptors (Lipinski definition) is 3. The summed E-state index contributed by atoms with van der Waals surface area (Å²) in [6, 6.07) is 0. The summed E-state index contributed by atoms with van der Waals surface area (Å²) < 4.78 is 0. The highest BCUT2D eigenvalue weighted by Crippen LogP contribution is 2.28. The molecule has 3 N–H and O–H groups in total. The normalized spacial score (nSPS) is 22.9. The van der Waals surface area contributed by atoms with Crippen LogP contribution in [-0.2, 0) is 4.79 Å². The fraction of sp³-hybridized carbons (Fsp3) is 0.938. The first-order valence-electron chi connectivity index (χ1n) is 8.37. The summed E-state index contributed by atoms with van der Waals surface area (Å²) in [5.74, 6) is 0.885. The monoisotopic (exact) mass is 282 g/mol. The average Bonchev–Trinajstić information content (AvgIpc) is 2.96. The molecule has 0 heterocycles. The summed E-state index contributed by atoms with van der Waals surface area (Å²) in [6.45, 7) is 1.28. The van der Waals surface area contributed by atoms with Gasteiger partial charge in [0.2, 0.25) is 5.91 Å². The molecule has 4 nitrogen and oxygen atoms in total. The van der Waals surface area contributed by atoms with E-state index < -0.39 is 0 Å². The van der Waals surface area contributed by atoms with E-state index in [0.717, 1.165) is 44.6 Å². The maximum absolute atomic E-state index is 11.8. The van der Waals surface area contributed by atoms with Crippen LogP contribution < -0.4 is 10.6 Å². The van der Waals surface area contributed by atoms with Gasteiger partial charge in [-0.15, -0.1) is 0 Å². The van der Waals surface area contributed by atoms with Crippen LogP contribution in [0.2, 0.25) is 0 Å². The number of carbonyl (C=O) groups excluding carboxylic acids is 1. The van der Waals surface area contributed by atoms with Gasteiger partial charge in [0.15, 0.2) is 0 Å². The summed E-state index contributed by atoms with van der Waals surface area (Å²) in [6.07, 6.45) is 12.2. The van der Waals surface area contributed by atoms with Gasteiger partial charge < -0.3 is 15.7 Å². The molecular formula is C16H30N2O2. The Kier molecular flexibility index (Phi) is 6.30. The fourth-order valence-corrected chi connectivity index (χ4v) is 3.66. The lowest BCUT2D eigenvalue weighted by Crippen LogP contribution is -2.50. The summed E-state index contributed by atoms with van der Waals surface area (Å²) in [5.41, 5.74) is -0.194. The van der Waals surface area contributed by atoms with E-state index in [1.165, 1.54) is 32.1 Å². The zero-order chi connectivity index (χ0) is 14.3. The van der Waals surface area contributed by atoms with Crippen molar-refractivity contribution in [3.8, 4) is 0 Å². The largest absolute Gasteiger partial charge is 0.394 e. The second-order valence-corrected chi connectivity index (χ2v) is 6.64. The molecule has 0 aromatic rings. The minimum atomic E-state index is -0.194. The first-order valence-corrected chi connectivity index (χ1v) is 8.37. The van der Waals surface area contributed by atoms with Gasteiger partial charge in [0.25, 0.3) is 0 Å². The van der Waals surface area contributed by atoms with Crippen LogP contribution in [0.15, 0.2) is 0 Å².